The van der Waals surface area contributed by atoms with Gasteiger partial charge in [-0.3, -0.25) is 4.79 Å². The van der Waals surface area contributed by atoms with E-state index < -0.39 is 0 Å². The maximum Gasteiger partial charge on any atom is 0.227 e. The monoisotopic (exact) mass is 238 g/mol. The second kappa shape index (κ2) is 7.28. The smallest absolute Gasteiger partial charge is 0.227 e. The zero-order chi connectivity index (χ0) is 13.5. The van der Waals surface area contributed by atoms with Gasteiger partial charge in [-0.1, -0.05) is 32.9 Å². The van der Waals surface area contributed by atoms with Gasteiger partial charge >= 0.3 is 0 Å². The molecule has 0 saturated carbocycles. The lowest BCUT2D eigenvalue weighted by atomic mass is 9.84. The van der Waals surface area contributed by atoms with Gasteiger partial charge in [0.25, 0.3) is 0 Å². The minimum Gasteiger partial charge on any atom is -0.335 e. The summed E-state index contributed by atoms with van der Waals surface area (Å²) < 4.78 is 0. The number of amides is 1. The molecule has 1 unspecified atom stereocenters. The molecule has 0 saturated heterocycles. The van der Waals surface area contributed by atoms with Crippen molar-refractivity contribution in [2.24, 2.45) is 17.1 Å². The molecule has 0 bridgehead atoms. The summed E-state index contributed by atoms with van der Waals surface area (Å²) in [5, 5.41) is 0. The first-order valence-corrected chi connectivity index (χ1v) is 6.06. The third-order valence-corrected chi connectivity index (χ3v) is 2.50. The van der Waals surface area contributed by atoms with E-state index in [0.29, 0.717) is 19.6 Å². The van der Waals surface area contributed by atoms with Crippen LogP contribution in [0, 0.1) is 11.3 Å². The molecular formula is C14H26N2O. The molecule has 0 rings (SSSR count). The minimum atomic E-state index is -0.116. The average molecular weight is 238 g/mol. The van der Waals surface area contributed by atoms with Crippen LogP contribution in [-0.2, 0) is 4.79 Å². The van der Waals surface area contributed by atoms with Gasteiger partial charge in [-0.05, 0) is 11.8 Å². The molecule has 17 heavy (non-hydrogen) atoms. The van der Waals surface area contributed by atoms with Gasteiger partial charge in [0.15, 0.2) is 0 Å². The molecule has 1 amide bonds. The Labute approximate surface area is 105 Å². The van der Waals surface area contributed by atoms with Crippen LogP contribution in [0.4, 0.5) is 0 Å². The first-order chi connectivity index (χ1) is 7.85. The molecule has 0 aromatic rings. The van der Waals surface area contributed by atoms with Crippen LogP contribution in [0.1, 0.15) is 27.2 Å². The predicted molar refractivity (Wildman–Crippen MR) is 73.6 cm³/mol. The number of carbonyl (C=O) groups excluding carboxylic acids is 1. The fourth-order valence-electron chi connectivity index (χ4n) is 1.84. The summed E-state index contributed by atoms with van der Waals surface area (Å²) in [6, 6.07) is 0. The van der Waals surface area contributed by atoms with Gasteiger partial charge in [0.2, 0.25) is 5.91 Å². The normalized spacial score (nSPS) is 12.9. The van der Waals surface area contributed by atoms with E-state index in [1.165, 1.54) is 0 Å². The zero-order valence-electron chi connectivity index (χ0n) is 11.4. The largest absolute Gasteiger partial charge is 0.335 e. The first-order valence-electron chi connectivity index (χ1n) is 6.06. The summed E-state index contributed by atoms with van der Waals surface area (Å²) in [7, 11) is 0. The van der Waals surface area contributed by atoms with Gasteiger partial charge in [0.1, 0.15) is 0 Å². The Hall–Kier alpha value is -1.09. The highest BCUT2D eigenvalue weighted by Crippen LogP contribution is 2.25. The Morgan fingerprint density at radius 3 is 2.06 bits per heavy atom. The Morgan fingerprint density at radius 1 is 1.29 bits per heavy atom. The van der Waals surface area contributed by atoms with Gasteiger partial charge in [0.05, 0.1) is 5.92 Å². The molecule has 2 N–H and O–H groups in total. The van der Waals surface area contributed by atoms with Crippen LogP contribution in [0.15, 0.2) is 25.3 Å². The molecule has 1 atom stereocenters. The second-order valence-corrected chi connectivity index (χ2v) is 5.52. The summed E-state index contributed by atoms with van der Waals surface area (Å²) in [6.45, 7) is 15.2. The highest BCUT2D eigenvalue weighted by atomic mass is 16.2. The van der Waals surface area contributed by atoms with Crippen LogP contribution in [-0.4, -0.2) is 30.4 Å². The molecule has 0 aliphatic rings. The standard InChI is InChI=1S/C14H26N2O/c1-6-8-16(9-7-2)13(17)12(11-15)10-14(3,4)5/h6-7,12H,1-2,8-11,15H2,3-5H3. The van der Waals surface area contributed by atoms with Crippen molar-refractivity contribution in [3.05, 3.63) is 25.3 Å². The van der Waals surface area contributed by atoms with E-state index in [0.717, 1.165) is 6.42 Å². The lowest BCUT2D eigenvalue weighted by Crippen LogP contribution is -2.40. The summed E-state index contributed by atoms with van der Waals surface area (Å²) >= 11 is 0. The number of carbonyl (C=O) groups is 1. The van der Waals surface area contributed by atoms with Crippen molar-refractivity contribution in [2.45, 2.75) is 27.2 Å². The van der Waals surface area contributed by atoms with Crippen molar-refractivity contribution in [1.82, 2.24) is 4.90 Å². The molecule has 0 aromatic carbocycles. The third-order valence-electron chi connectivity index (χ3n) is 2.50. The number of hydrogen-bond acceptors (Lipinski definition) is 2. The Bertz CT molecular complexity index is 256. The third kappa shape index (κ3) is 6.27. The number of rotatable bonds is 7. The SMILES string of the molecule is C=CCN(CC=C)C(=O)C(CN)CC(C)(C)C. The minimum absolute atomic E-state index is 0.0993. The van der Waals surface area contributed by atoms with E-state index in [4.69, 9.17) is 5.73 Å². The van der Waals surface area contributed by atoms with E-state index in [1.807, 2.05) is 0 Å². The van der Waals surface area contributed by atoms with Crippen molar-refractivity contribution in [2.75, 3.05) is 19.6 Å². The van der Waals surface area contributed by atoms with E-state index >= 15 is 0 Å². The van der Waals surface area contributed by atoms with Crippen molar-refractivity contribution < 1.29 is 4.79 Å². The van der Waals surface area contributed by atoms with Crippen molar-refractivity contribution >= 4 is 5.91 Å². The molecule has 0 aliphatic carbocycles. The molecule has 0 radical (unpaired) electrons. The predicted octanol–water partition coefficient (Wildman–Crippen LogP) is 2.20. The molecule has 3 nitrogen and oxygen atoms in total. The van der Waals surface area contributed by atoms with Crippen LogP contribution in [0.3, 0.4) is 0 Å². The van der Waals surface area contributed by atoms with Crippen LogP contribution in [0.5, 0.6) is 0 Å². The van der Waals surface area contributed by atoms with Crippen LogP contribution < -0.4 is 5.73 Å². The molecule has 0 fully saturated rings. The fraction of sp³-hybridized carbons (Fsp3) is 0.643. The van der Waals surface area contributed by atoms with E-state index in [2.05, 4.69) is 33.9 Å². The van der Waals surface area contributed by atoms with Crippen molar-refractivity contribution in [1.29, 1.82) is 0 Å². The van der Waals surface area contributed by atoms with Gasteiger partial charge < -0.3 is 10.6 Å². The van der Waals surface area contributed by atoms with Gasteiger partial charge in [-0.15, -0.1) is 13.2 Å². The lowest BCUT2D eigenvalue weighted by molar-refractivity contribution is -0.135. The first kappa shape index (κ1) is 15.9. The van der Waals surface area contributed by atoms with Gasteiger partial charge in [0, 0.05) is 19.6 Å². The highest BCUT2D eigenvalue weighted by molar-refractivity contribution is 5.79. The second-order valence-electron chi connectivity index (χ2n) is 5.52. The van der Waals surface area contributed by atoms with Crippen molar-refractivity contribution in [3.8, 4) is 0 Å². The average Bonchev–Trinajstić information content (AvgIpc) is 2.23. The Morgan fingerprint density at radius 2 is 1.76 bits per heavy atom. The molecule has 0 spiro atoms. The maximum atomic E-state index is 12.3. The molecule has 0 aliphatic heterocycles. The topological polar surface area (TPSA) is 46.3 Å². The summed E-state index contributed by atoms with van der Waals surface area (Å²) in [5.74, 6) is -0.0166. The van der Waals surface area contributed by atoms with E-state index in [9.17, 15) is 4.79 Å². The lowest BCUT2D eigenvalue weighted by Gasteiger charge is -2.29. The number of nitrogens with two attached hydrogens (primary N) is 1. The van der Waals surface area contributed by atoms with Gasteiger partial charge in [-0.25, -0.2) is 0 Å². The molecule has 3 heteroatoms. The quantitative estimate of drug-likeness (QED) is 0.691. The Balaban J connectivity index is 4.68. The van der Waals surface area contributed by atoms with Crippen LogP contribution in [0.25, 0.3) is 0 Å². The van der Waals surface area contributed by atoms with Crippen LogP contribution >= 0.6 is 0 Å². The van der Waals surface area contributed by atoms with E-state index in [-0.39, 0.29) is 17.2 Å². The zero-order valence-corrected chi connectivity index (χ0v) is 11.4. The maximum absolute atomic E-state index is 12.3. The molecule has 98 valence electrons. The number of hydrogen-bond donors (Lipinski definition) is 1. The molecule has 0 heterocycles. The van der Waals surface area contributed by atoms with Gasteiger partial charge in [-0.2, -0.15) is 0 Å². The highest BCUT2D eigenvalue weighted by Gasteiger charge is 2.26. The fourth-order valence-corrected chi connectivity index (χ4v) is 1.84. The summed E-state index contributed by atoms with van der Waals surface area (Å²) in [4.78, 5) is 14.0. The van der Waals surface area contributed by atoms with Crippen LogP contribution in [0.2, 0.25) is 0 Å². The van der Waals surface area contributed by atoms with Crippen molar-refractivity contribution in [3.63, 3.8) is 0 Å². The van der Waals surface area contributed by atoms with E-state index in [1.54, 1.807) is 17.1 Å². The Kier molecular flexibility index (Phi) is 6.81. The molecular weight excluding hydrogens is 212 g/mol. The molecule has 0 aromatic heterocycles. The summed E-state index contributed by atoms with van der Waals surface area (Å²) in [5.41, 5.74) is 5.82. The number of nitrogens with zero attached hydrogens (tertiary/aromatic N) is 1. The summed E-state index contributed by atoms with van der Waals surface area (Å²) in [6.07, 6.45) is 4.26.